The molecule has 0 aliphatic carbocycles. The molecule has 30 heavy (non-hydrogen) atoms. The van der Waals surface area contributed by atoms with Crippen molar-refractivity contribution < 1.29 is 23.9 Å². The number of amides is 1. The number of ketones is 1. The van der Waals surface area contributed by atoms with Crippen LogP contribution in [0.2, 0.25) is 0 Å². The zero-order valence-corrected chi connectivity index (χ0v) is 20.1. The normalized spacial score (nSPS) is 10.7. The van der Waals surface area contributed by atoms with Crippen LogP contribution in [0, 0.1) is 0 Å². The van der Waals surface area contributed by atoms with Gasteiger partial charge in [0, 0.05) is 22.3 Å². The first-order valence-electron chi connectivity index (χ1n) is 8.93. The van der Waals surface area contributed by atoms with Gasteiger partial charge in [0.25, 0.3) is 0 Å². The maximum atomic E-state index is 12.5. The van der Waals surface area contributed by atoms with E-state index in [1.54, 1.807) is 43.3 Å². The van der Waals surface area contributed by atoms with Crippen molar-refractivity contribution in [3.05, 3.63) is 55.8 Å². The van der Waals surface area contributed by atoms with Gasteiger partial charge in [-0.05, 0) is 41.1 Å². The van der Waals surface area contributed by atoms with Crippen LogP contribution in [0.5, 0.6) is 5.75 Å². The zero-order valence-electron chi connectivity index (χ0n) is 16.1. The number of nitrogens with one attached hydrogen (secondary N) is 1. The number of halogens is 2. The lowest BCUT2D eigenvalue weighted by atomic mass is 10.1. The Morgan fingerprint density at radius 1 is 1.07 bits per heavy atom. The van der Waals surface area contributed by atoms with E-state index in [0.717, 1.165) is 15.8 Å². The largest absolute Gasteiger partial charge is 0.483 e. The van der Waals surface area contributed by atoms with Crippen LogP contribution in [-0.4, -0.2) is 30.9 Å². The van der Waals surface area contributed by atoms with Crippen LogP contribution < -0.4 is 10.1 Å². The van der Waals surface area contributed by atoms with E-state index in [9.17, 15) is 14.4 Å². The monoisotopic (exact) mass is 553 g/mol. The second kappa shape index (κ2) is 9.72. The van der Waals surface area contributed by atoms with Crippen LogP contribution in [0.4, 0.5) is 5.69 Å². The van der Waals surface area contributed by atoms with Crippen LogP contribution in [0.25, 0.3) is 10.1 Å². The topological polar surface area (TPSA) is 81.7 Å². The molecule has 3 aromatic rings. The molecule has 3 rings (SSSR count). The summed E-state index contributed by atoms with van der Waals surface area (Å²) in [5, 5.41) is 3.34. The molecular formula is C21H17Br2NO5S. The lowest BCUT2D eigenvalue weighted by Gasteiger charge is -2.09. The second-order valence-electron chi connectivity index (χ2n) is 6.18. The van der Waals surface area contributed by atoms with Gasteiger partial charge in [-0.15, -0.1) is 11.3 Å². The first-order valence-corrected chi connectivity index (χ1v) is 11.3. The third-order valence-electron chi connectivity index (χ3n) is 4.04. The average Bonchev–Trinajstić information content (AvgIpc) is 3.05. The molecule has 0 bridgehead atoms. The molecule has 0 saturated carbocycles. The number of rotatable bonds is 7. The Bertz CT molecular complexity index is 1120. The molecule has 0 atom stereocenters. The van der Waals surface area contributed by atoms with Gasteiger partial charge in [-0.3, -0.25) is 9.59 Å². The van der Waals surface area contributed by atoms with Gasteiger partial charge in [0.05, 0.1) is 21.5 Å². The van der Waals surface area contributed by atoms with Gasteiger partial charge in [0.2, 0.25) is 5.91 Å². The Morgan fingerprint density at radius 3 is 2.40 bits per heavy atom. The summed E-state index contributed by atoms with van der Waals surface area (Å²) in [5.74, 6) is -0.604. The van der Waals surface area contributed by atoms with Crippen molar-refractivity contribution in [3.63, 3.8) is 0 Å². The lowest BCUT2D eigenvalue weighted by molar-refractivity contribution is -0.114. The Kier molecular flexibility index (Phi) is 7.27. The van der Waals surface area contributed by atoms with Crippen molar-refractivity contribution in [2.24, 2.45) is 0 Å². The van der Waals surface area contributed by atoms with Crippen LogP contribution in [-0.2, 0) is 9.53 Å². The molecule has 0 aliphatic heterocycles. The summed E-state index contributed by atoms with van der Waals surface area (Å²) in [6.07, 6.45) is 0. The molecule has 0 spiro atoms. The zero-order chi connectivity index (χ0) is 21.8. The number of thiophene rings is 1. The third-order valence-corrected chi connectivity index (χ3v) is 6.38. The lowest BCUT2D eigenvalue weighted by Crippen LogP contribution is -2.12. The quantitative estimate of drug-likeness (QED) is 0.294. The highest BCUT2D eigenvalue weighted by Crippen LogP contribution is 2.44. The van der Waals surface area contributed by atoms with Crippen LogP contribution in [0.15, 0.2) is 45.3 Å². The predicted molar refractivity (Wildman–Crippen MR) is 124 cm³/mol. The van der Waals surface area contributed by atoms with Gasteiger partial charge in [-0.1, -0.05) is 34.1 Å². The minimum atomic E-state index is -0.532. The van der Waals surface area contributed by atoms with E-state index < -0.39 is 5.97 Å². The van der Waals surface area contributed by atoms with Crippen molar-refractivity contribution in [1.29, 1.82) is 0 Å². The molecule has 9 heteroatoms. The number of benzene rings is 2. The molecule has 1 aromatic heterocycles. The number of hydrogen-bond acceptors (Lipinski definition) is 6. The Hall–Kier alpha value is -2.23. The van der Waals surface area contributed by atoms with E-state index in [0.29, 0.717) is 31.6 Å². The molecule has 0 fully saturated rings. The summed E-state index contributed by atoms with van der Waals surface area (Å²) >= 11 is 7.93. The summed E-state index contributed by atoms with van der Waals surface area (Å²) in [7, 11) is 0. The van der Waals surface area contributed by atoms with E-state index in [-0.39, 0.29) is 29.8 Å². The van der Waals surface area contributed by atoms with Crippen LogP contribution in [0.1, 0.15) is 33.9 Å². The smallest absolute Gasteiger partial charge is 0.350 e. The van der Waals surface area contributed by atoms with Gasteiger partial charge in [0.15, 0.2) is 18.1 Å². The first-order chi connectivity index (χ1) is 14.3. The number of esters is 1. The van der Waals surface area contributed by atoms with Crippen LogP contribution >= 0.6 is 43.2 Å². The van der Waals surface area contributed by atoms with Gasteiger partial charge in [0.1, 0.15) is 4.88 Å². The fraction of sp³-hybridized carbons (Fsp3) is 0.190. The number of ether oxygens (including phenoxy) is 2. The predicted octanol–water partition coefficient (Wildman–Crippen LogP) is 5.82. The van der Waals surface area contributed by atoms with E-state index in [1.807, 2.05) is 0 Å². The molecular weight excluding hydrogens is 538 g/mol. The summed E-state index contributed by atoms with van der Waals surface area (Å²) < 4.78 is 13.1. The number of fused-ring (bicyclic) bond motifs is 1. The SMILES string of the molecule is CCOC(=O)c1sc2c(OCC(=O)c3ccc(Br)cc3)c(Br)ccc2c1NC(C)=O. The maximum absolute atomic E-state index is 12.5. The standard InChI is InChI=1S/C21H17Br2NO5S/c1-3-28-21(27)20-17(24-11(2)25)14-8-9-15(23)18(19(14)30-20)29-10-16(26)12-4-6-13(22)7-5-12/h4-9H,3,10H2,1-2H3,(H,24,25). The molecule has 1 N–H and O–H groups in total. The van der Waals surface area contributed by atoms with Crippen LogP contribution in [0.3, 0.4) is 0 Å². The van der Waals surface area contributed by atoms with E-state index in [1.165, 1.54) is 6.92 Å². The third kappa shape index (κ3) is 4.91. The van der Waals surface area contributed by atoms with Crippen molar-refractivity contribution in [3.8, 4) is 5.75 Å². The summed E-state index contributed by atoms with van der Waals surface area (Å²) in [6, 6.07) is 10.5. The Labute approximate surface area is 193 Å². The minimum absolute atomic E-state index is 0.179. The van der Waals surface area contributed by atoms with Crippen molar-refractivity contribution in [1.82, 2.24) is 0 Å². The fourth-order valence-electron chi connectivity index (χ4n) is 2.74. The molecule has 156 valence electrons. The fourth-order valence-corrected chi connectivity index (χ4v) is 4.74. The summed E-state index contributed by atoms with van der Waals surface area (Å²) in [6.45, 7) is 3.11. The number of anilines is 1. The van der Waals surface area contributed by atoms with Crippen molar-refractivity contribution in [2.75, 3.05) is 18.5 Å². The average molecular weight is 555 g/mol. The van der Waals surface area contributed by atoms with Crippen molar-refractivity contribution >= 4 is 76.6 Å². The number of carbonyl (C=O) groups excluding carboxylic acids is 3. The first kappa shape index (κ1) is 22.5. The maximum Gasteiger partial charge on any atom is 0.350 e. The molecule has 0 radical (unpaired) electrons. The van der Waals surface area contributed by atoms with Crippen molar-refractivity contribution in [2.45, 2.75) is 13.8 Å². The molecule has 2 aromatic carbocycles. The highest BCUT2D eigenvalue weighted by atomic mass is 79.9. The molecule has 6 nitrogen and oxygen atoms in total. The molecule has 0 aliphatic rings. The number of Topliss-reactive ketones (excluding diaryl/α,β-unsaturated/α-hetero) is 1. The van der Waals surface area contributed by atoms with Gasteiger partial charge >= 0.3 is 5.97 Å². The minimum Gasteiger partial charge on any atom is -0.483 e. The summed E-state index contributed by atoms with van der Waals surface area (Å²) in [5.41, 5.74) is 0.899. The van der Waals surface area contributed by atoms with Gasteiger partial charge in [-0.25, -0.2) is 4.79 Å². The highest BCUT2D eigenvalue weighted by molar-refractivity contribution is 9.10. The Morgan fingerprint density at radius 2 is 1.77 bits per heavy atom. The second-order valence-corrected chi connectivity index (χ2v) is 8.97. The molecule has 0 saturated heterocycles. The highest BCUT2D eigenvalue weighted by Gasteiger charge is 2.24. The molecule has 1 amide bonds. The number of carbonyl (C=O) groups is 3. The van der Waals surface area contributed by atoms with E-state index >= 15 is 0 Å². The summed E-state index contributed by atoms with van der Waals surface area (Å²) in [4.78, 5) is 36.9. The number of hydrogen-bond donors (Lipinski definition) is 1. The van der Waals surface area contributed by atoms with E-state index in [2.05, 4.69) is 37.2 Å². The van der Waals surface area contributed by atoms with Gasteiger partial charge in [-0.2, -0.15) is 0 Å². The Balaban J connectivity index is 1.98. The molecule has 1 heterocycles. The molecule has 0 unspecified atom stereocenters. The van der Waals surface area contributed by atoms with Gasteiger partial charge < -0.3 is 14.8 Å². The van der Waals surface area contributed by atoms with E-state index in [4.69, 9.17) is 9.47 Å².